The van der Waals surface area contributed by atoms with Gasteiger partial charge >= 0.3 is 12.0 Å². The quantitative estimate of drug-likeness (QED) is 0.852. The van der Waals surface area contributed by atoms with Gasteiger partial charge in [0.25, 0.3) is 0 Å². The van der Waals surface area contributed by atoms with Crippen molar-refractivity contribution >= 4 is 29.0 Å². The molecule has 0 spiro atoms. The van der Waals surface area contributed by atoms with Crippen LogP contribution in [0.25, 0.3) is 0 Å². The molecule has 2 heterocycles. The van der Waals surface area contributed by atoms with Crippen LogP contribution in [0.15, 0.2) is 35.7 Å². The van der Waals surface area contributed by atoms with E-state index >= 15 is 0 Å². The number of benzene rings is 1. The van der Waals surface area contributed by atoms with Crippen LogP contribution in [0.1, 0.15) is 34.1 Å². The summed E-state index contributed by atoms with van der Waals surface area (Å²) in [7, 11) is 1.30. The molecule has 0 aliphatic carbocycles. The molecule has 1 saturated heterocycles. The Labute approximate surface area is 143 Å². The van der Waals surface area contributed by atoms with Gasteiger partial charge in [-0.25, -0.2) is 14.0 Å². The Morgan fingerprint density at radius 3 is 2.96 bits per heavy atom. The Morgan fingerprint density at radius 1 is 1.38 bits per heavy atom. The standard InChI is InChI=1S/C17H17FN2O3S/c1-23-16(21)15-13(7-9-24-15)19-17(22)20-8-3-6-14(20)11-4-2-5-12(18)10-11/h2,4-5,7,9-10,14H,3,6,8H2,1H3,(H,19,22)/t14-/m0/s1. The maximum absolute atomic E-state index is 13.5. The monoisotopic (exact) mass is 348 g/mol. The number of carbonyl (C=O) groups is 2. The molecule has 1 atom stereocenters. The molecule has 126 valence electrons. The third-order valence-corrected chi connectivity index (χ3v) is 4.92. The number of anilines is 1. The van der Waals surface area contributed by atoms with Gasteiger partial charge in [0.05, 0.1) is 18.8 Å². The molecule has 1 aromatic heterocycles. The molecular weight excluding hydrogens is 331 g/mol. The average molecular weight is 348 g/mol. The van der Waals surface area contributed by atoms with Crippen LogP contribution in [0, 0.1) is 5.82 Å². The molecule has 0 radical (unpaired) electrons. The van der Waals surface area contributed by atoms with Crippen molar-refractivity contribution in [3.05, 3.63) is 52.0 Å². The number of ether oxygens (including phenoxy) is 1. The minimum atomic E-state index is -0.483. The van der Waals surface area contributed by atoms with E-state index in [9.17, 15) is 14.0 Å². The first-order chi connectivity index (χ1) is 11.6. The average Bonchev–Trinajstić information content (AvgIpc) is 3.23. The molecule has 0 unspecified atom stereocenters. The summed E-state index contributed by atoms with van der Waals surface area (Å²) in [5.41, 5.74) is 1.21. The molecule has 1 aromatic carbocycles. The van der Waals surface area contributed by atoms with Gasteiger partial charge in [0.2, 0.25) is 0 Å². The highest BCUT2D eigenvalue weighted by atomic mass is 32.1. The Bertz CT molecular complexity index is 762. The molecule has 1 aliphatic rings. The van der Waals surface area contributed by atoms with Crippen LogP contribution >= 0.6 is 11.3 Å². The number of carbonyl (C=O) groups excluding carboxylic acids is 2. The summed E-state index contributed by atoms with van der Waals surface area (Å²) in [5, 5.41) is 4.48. The number of nitrogens with zero attached hydrogens (tertiary/aromatic N) is 1. The second-order valence-corrected chi connectivity index (χ2v) is 6.41. The van der Waals surface area contributed by atoms with Gasteiger partial charge < -0.3 is 15.0 Å². The van der Waals surface area contributed by atoms with E-state index in [2.05, 4.69) is 5.32 Å². The maximum Gasteiger partial charge on any atom is 0.350 e. The second-order valence-electron chi connectivity index (χ2n) is 5.49. The zero-order valence-corrected chi connectivity index (χ0v) is 13.9. The van der Waals surface area contributed by atoms with E-state index in [0.29, 0.717) is 17.1 Å². The van der Waals surface area contributed by atoms with Crippen LogP contribution in [-0.2, 0) is 4.74 Å². The van der Waals surface area contributed by atoms with Crippen molar-refractivity contribution in [2.45, 2.75) is 18.9 Å². The molecule has 0 bridgehead atoms. The molecule has 7 heteroatoms. The number of methoxy groups -OCH3 is 1. The Hall–Kier alpha value is -2.41. The molecule has 3 rings (SSSR count). The smallest absolute Gasteiger partial charge is 0.350 e. The minimum Gasteiger partial charge on any atom is -0.465 e. The summed E-state index contributed by atoms with van der Waals surface area (Å²) in [5.74, 6) is -0.797. The summed E-state index contributed by atoms with van der Waals surface area (Å²) >= 11 is 1.21. The first-order valence-electron chi connectivity index (χ1n) is 7.59. The van der Waals surface area contributed by atoms with E-state index in [-0.39, 0.29) is 17.9 Å². The summed E-state index contributed by atoms with van der Waals surface area (Å²) < 4.78 is 18.2. The summed E-state index contributed by atoms with van der Waals surface area (Å²) in [6.45, 7) is 0.588. The number of nitrogens with one attached hydrogen (secondary N) is 1. The van der Waals surface area contributed by atoms with Gasteiger partial charge in [-0.05, 0) is 42.0 Å². The van der Waals surface area contributed by atoms with Crippen molar-refractivity contribution in [1.29, 1.82) is 0 Å². The lowest BCUT2D eigenvalue weighted by Crippen LogP contribution is -2.34. The van der Waals surface area contributed by atoms with Crippen molar-refractivity contribution in [2.75, 3.05) is 19.0 Å². The van der Waals surface area contributed by atoms with Crippen LogP contribution in [-0.4, -0.2) is 30.6 Å². The van der Waals surface area contributed by atoms with E-state index in [0.717, 1.165) is 18.4 Å². The third kappa shape index (κ3) is 3.26. The number of hydrogen-bond acceptors (Lipinski definition) is 4. The van der Waals surface area contributed by atoms with Crippen molar-refractivity contribution in [3.8, 4) is 0 Å². The first-order valence-corrected chi connectivity index (χ1v) is 8.47. The van der Waals surface area contributed by atoms with Crippen LogP contribution in [0.3, 0.4) is 0 Å². The number of rotatable bonds is 3. The van der Waals surface area contributed by atoms with E-state index in [4.69, 9.17) is 4.74 Å². The van der Waals surface area contributed by atoms with E-state index < -0.39 is 5.97 Å². The topological polar surface area (TPSA) is 58.6 Å². The number of thiophene rings is 1. The maximum atomic E-state index is 13.5. The van der Waals surface area contributed by atoms with Gasteiger partial charge in [0.1, 0.15) is 10.7 Å². The highest BCUT2D eigenvalue weighted by molar-refractivity contribution is 7.12. The number of amides is 2. The van der Waals surface area contributed by atoms with Gasteiger partial charge in [-0.3, -0.25) is 0 Å². The summed E-state index contributed by atoms with van der Waals surface area (Å²) in [6, 6.07) is 7.52. The van der Waals surface area contributed by atoms with Crippen LogP contribution in [0.4, 0.5) is 14.9 Å². The molecule has 1 fully saturated rings. The Morgan fingerprint density at radius 2 is 2.21 bits per heavy atom. The minimum absolute atomic E-state index is 0.166. The number of likely N-dealkylation sites (tertiary alicyclic amines) is 1. The molecule has 2 amide bonds. The molecular formula is C17H17FN2O3S. The molecule has 0 saturated carbocycles. The largest absolute Gasteiger partial charge is 0.465 e. The zero-order chi connectivity index (χ0) is 17.1. The zero-order valence-electron chi connectivity index (χ0n) is 13.1. The summed E-state index contributed by atoms with van der Waals surface area (Å²) in [6.07, 6.45) is 1.63. The molecule has 2 aromatic rings. The number of esters is 1. The van der Waals surface area contributed by atoms with Crippen LogP contribution in [0.5, 0.6) is 0 Å². The van der Waals surface area contributed by atoms with E-state index in [1.807, 2.05) is 6.07 Å². The van der Waals surface area contributed by atoms with Gasteiger partial charge in [0, 0.05) is 6.54 Å². The van der Waals surface area contributed by atoms with Gasteiger partial charge in [-0.2, -0.15) is 0 Å². The van der Waals surface area contributed by atoms with Crippen molar-refractivity contribution in [3.63, 3.8) is 0 Å². The van der Waals surface area contributed by atoms with Gasteiger partial charge in [-0.15, -0.1) is 11.3 Å². The highest BCUT2D eigenvalue weighted by Gasteiger charge is 2.31. The van der Waals surface area contributed by atoms with Gasteiger partial charge in [-0.1, -0.05) is 12.1 Å². The van der Waals surface area contributed by atoms with Crippen molar-refractivity contribution in [2.24, 2.45) is 0 Å². The van der Waals surface area contributed by atoms with Crippen LogP contribution in [0.2, 0.25) is 0 Å². The SMILES string of the molecule is COC(=O)c1sccc1NC(=O)N1CCC[C@H]1c1cccc(F)c1. The highest BCUT2D eigenvalue weighted by Crippen LogP contribution is 2.33. The molecule has 1 N–H and O–H groups in total. The predicted octanol–water partition coefficient (Wildman–Crippen LogP) is 4.04. The molecule has 1 aliphatic heterocycles. The van der Waals surface area contributed by atoms with Crippen LogP contribution < -0.4 is 5.32 Å². The van der Waals surface area contributed by atoms with Crippen molar-refractivity contribution in [1.82, 2.24) is 4.90 Å². The molecule has 5 nitrogen and oxygen atoms in total. The fourth-order valence-electron chi connectivity index (χ4n) is 2.92. The normalized spacial score (nSPS) is 16.9. The lowest BCUT2D eigenvalue weighted by atomic mass is 10.0. The van der Waals surface area contributed by atoms with E-state index in [1.165, 1.54) is 30.6 Å². The predicted molar refractivity (Wildman–Crippen MR) is 89.8 cm³/mol. The fraction of sp³-hybridized carbons (Fsp3) is 0.294. The summed E-state index contributed by atoms with van der Waals surface area (Å²) in [4.78, 5) is 26.3. The Balaban J connectivity index is 1.77. The number of urea groups is 1. The molecule has 24 heavy (non-hydrogen) atoms. The lowest BCUT2D eigenvalue weighted by Gasteiger charge is -2.25. The van der Waals surface area contributed by atoms with E-state index in [1.54, 1.807) is 22.4 Å². The second kappa shape index (κ2) is 7.00. The first kappa shape index (κ1) is 16.4. The number of hydrogen-bond donors (Lipinski definition) is 1. The lowest BCUT2D eigenvalue weighted by molar-refractivity contribution is 0.0607. The Kier molecular flexibility index (Phi) is 4.80. The van der Waals surface area contributed by atoms with Crippen molar-refractivity contribution < 1.29 is 18.7 Å². The third-order valence-electron chi connectivity index (χ3n) is 4.02. The number of halogens is 1. The fourth-order valence-corrected chi connectivity index (χ4v) is 3.68. The van der Waals surface area contributed by atoms with Gasteiger partial charge in [0.15, 0.2) is 0 Å².